The third-order valence-electron chi connectivity index (χ3n) is 4.06. The Morgan fingerprint density at radius 3 is 2.19 bits per heavy atom. The molecule has 0 heterocycles. The number of amides is 1. The van der Waals surface area contributed by atoms with Gasteiger partial charge in [0.1, 0.15) is 4.90 Å². The van der Waals surface area contributed by atoms with E-state index in [1.807, 2.05) is 0 Å². The maximum atomic E-state index is 12.6. The highest BCUT2D eigenvalue weighted by Gasteiger charge is 2.30. The maximum Gasteiger partial charge on any atom is 0.416 e. The summed E-state index contributed by atoms with van der Waals surface area (Å²) in [5.41, 5.74) is -0.957. The van der Waals surface area contributed by atoms with E-state index in [0.29, 0.717) is 0 Å². The molecule has 12 heteroatoms. The van der Waals surface area contributed by atoms with Gasteiger partial charge in [-0.15, -0.1) is 0 Å². The molecular formula is C19H18ClF3N2O5S. The summed E-state index contributed by atoms with van der Waals surface area (Å²) in [5, 5.41) is 2.23. The van der Waals surface area contributed by atoms with Crippen LogP contribution in [0.3, 0.4) is 0 Å². The Bertz CT molecular complexity index is 1090. The number of esters is 1. The normalized spacial score (nSPS) is 13.0. The second-order valence-electron chi connectivity index (χ2n) is 6.54. The predicted molar refractivity (Wildman–Crippen MR) is 107 cm³/mol. The van der Waals surface area contributed by atoms with Crippen molar-refractivity contribution in [1.82, 2.24) is 4.31 Å². The van der Waals surface area contributed by atoms with E-state index in [-0.39, 0.29) is 21.2 Å². The molecule has 0 saturated heterocycles. The molecule has 1 atom stereocenters. The number of alkyl halides is 3. The number of nitrogens with zero attached hydrogens (tertiary/aromatic N) is 1. The first-order chi connectivity index (χ1) is 14.2. The van der Waals surface area contributed by atoms with E-state index in [2.05, 4.69) is 5.32 Å². The molecule has 0 spiro atoms. The summed E-state index contributed by atoms with van der Waals surface area (Å²) in [6.45, 7) is 1.25. The molecule has 2 rings (SSSR count). The summed E-state index contributed by atoms with van der Waals surface area (Å²) in [6, 6.07) is 7.20. The molecule has 0 aromatic heterocycles. The van der Waals surface area contributed by atoms with E-state index in [4.69, 9.17) is 16.3 Å². The molecule has 0 fully saturated rings. The van der Waals surface area contributed by atoms with Crippen LogP contribution in [0.1, 0.15) is 22.8 Å². The Morgan fingerprint density at radius 2 is 1.68 bits per heavy atom. The molecule has 31 heavy (non-hydrogen) atoms. The number of benzene rings is 2. The second kappa shape index (κ2) is 9.25. The van der Waals surface area contributed by atoms with Crippen LogP contribution in [0.5, 0.6) is 0 Å². The zero-order valence-corrected chi connectivity index (χ0v) is 18.1. The summed E-state index contributed by atoms with van der Waals surface area (Å²) in [5.74, 6) is -1.77. The monoisotopic (exact) mass is 478 g/mol. The van der Waals surface area contributed by atoms with Gasteiger partial charge in [-0.25, -0.2) is 17.5 Å². The number of nitrogens with one attached hydrogen (secondary N) is 1. The van der Waals surface area contributed by atoms with Gasteiger partial charge in [0.15, 0.2) is 6.10 Å². The van der Waals surface area contributed by atoms with Crippen molar-refractivity contribution >= 4 is 39.2 Å². The fourth-order valence-electron chi connectivity index (χ4n) is 2.29. The number of carbonyl (C=O) groups excluding carboxylic acids is 2. The topological polar surface area (TPSA) is 92.8 Å². The molecule has 168 valence electrons. The SMILES string of the molecule is CC(OC(=O)c1ccc(Cl)c(S(=O)(=O)N(C)C)c1)C(=O)Nc1ccc(C(F)(F)F)cc1. The zero-order chi connectivity index (χ0) is 23.6. The predicted octanol–water partition coefficient (Wildman–Crippen LogP) is 3.79. The number of halogens is 4. The Labute approximate surface area is 181 Å². The first-order valence-electron chi connectivity index (χ1n) is 8.64. The second-order valence-corrected chi connectivity index (χ2v) is 9.07. The lowest BCUT2D eigenvalue weighted by atomic mass is 10.2. The number of sulfonamides is 1. The van der Waals surface area contributed by atoms with Crippen molar-refractivity contribution in [2.24, 2.45) is 0 Å². The summed E-state index contributed by atoms with van der Waals surface area (Å²) in [7, 11) is -1.34. The maximum absolute atomic E-state index is 12.6. The molecule has 0 radical (unpaired) electrons. The Balaban J connectivity index is 2.11. The Hall–Kier alpha value is -2.63. The number of rotatable bonds is 6. The van der Waals surface area contributed by atoms with Gasteiger partial charge in [-0.2, -0.15) is 13.2 Å². The lowest BCUT2D eigenvalue weighted by Gasteiger charge is -2.16. The fraction of sp³-hybridized carbons (Fsp3) is 0.263. The van der Waals surface area contributed by atoms with E-state index in [1.54, 1.807) is 0 Å². The number of ether oxygens (including phenoxy) is 1. The molecule has 0 bridgehead atoms. The van der Waals surface area contributed by atoms with Crippen molar-refractivity contribution in [3.63, 3.8) is 0 Å². The van der Waals surface area contributed by atoms with Crippen LogP contribution >= 0.6 is 11.6 Å². The third-order valence-corrected chi connectivity index (χ3v) is 6.35. The van der Waals surface area contributed by atoms with Gasteiger partial charge in [0, 0.05) is 19.8 Å². The highest BCUT2D eigenvalue weighted by Crippen LogP contribution is 2.30. The van der Waals surface area contributed by atoms with Gasteiger partial charge in [-0.05, 0) is 49.4 Å². The van der Waals surface area contributed by atoms with Crippen molar-refractivity contribution in [2.75, 3.05) is 19.4 Å². The molecule has 0 aliphatic heterocycles. The molecule has 2 aromatic rings. The van der Waals surface area contributed by atoms with Crippen LogP contribution in [0, 0.1) is 0 Å². The van der Waals surface area contributed by atoms with E-state index in [9.17, 15) is 31.2 Å². The van der Waals surface area contributed by atoms with Crippen LogP contribution in [-0.2, 0) is 25.7 Å². The first kappa shape index (κ1) is 24.6. The summed E-state index contributed by atoms with van der Waals surface area (Å²) in [6.07, 6.45) is -5.83. The minimum Gasteiger partial charge on any atom is -0.449 e. The highest BCUT2D eigenvalue weighted by atomic mass is 35.5. The highest BCUT2D eigenvalue weighted by molar-refractivity contribution is 7.89. The lowest BCUT2D eigenvalue weighted by molar-refractivity contribution is -0.137. The van der Waals surface area contributed by atoms with Crippen molar-refractivity contribution in [3.05, 3.63) is 58.6 Å². The quantitative estimate of drug-likeness (QED) is 0.638. The molecule has 0 aliphatic carbocycles. The van der Waals surface area contributed by atoms with Gasteiger partial charge < -0.3 is 10.1 Å². The third kappa shape index (κ3) is 5.96. The number of carbonyl (C=O) groups is 2. The number of anilines is 1. The van der Waals surface area contributed by atoms with Gasteiger partial charge >= 0.3 is 12.1 Å². The van der Waals surface area contributed by atoms with Crippen molar-refractivity contribution < 1.29 is 35.9 Å². The molecule has 7 nitrogen and oxygen atoms in total. The minimum absolute atomic E-state index is 0.0757. The van der Waals surface area contributed by atoms with E-state index in [1.165, 1.54) is 33.2 Å². The minimum atomic E-state index is -4.51. The van der Waals surface area contributed by atoms with E-state index in [0.717, 1.165) is 34.6 Å². The van der Waals surface area contributed by atoms with Gasteiger partial charge in [0.25, 0.3) is 5.91 Å². The molecular weight excluding hydrogens is 461 g/mol. The van der Waals surface area contributed by atoms with Crippen molar-refractivity contribution in [2.45, 2.75) is 24.1 Å². The van der Waals surface area contributed by atoms with Crippen LogP contribution in [0.2, 0.25) is 5.02 Å². The smallest absolute Gasteiger partial charge is 0.416 e. The average molecular weight is 479 g/mol. The van der Waals surface area contributed by atoms with Gasteiger partial charge in [0.05, 0.1) is 16.1 Å². The first-order valence-corrected chi connectivity index (χ1v) is 10.5. The van der Waals surface area contributed by atoms with Gasteiger partial charge in [0.2, 0.25) is 10.0 Å². The zero-order valence-electron chi connectivity index (χ0n) is 16.5. The van der Waals surface area contributed by atoms with Crippen LogP contribution in [0.4, 0.5) is 18.9 Å². The fourth-order valence-corrected chi connectivity index (χ4v) is 3.69. The van der Waals surface area contributed by atoms with Crippen molar-refractivity contribution in [1.29, 1.82) is 0 Å². The van der Waals surface area contributed by atoms with Crippen LogP contribution < -0.4 is 5.32 Å². The molecule has 0 saturated carbocycles. The standard InChI is InChI=1S/C19H18ClF3N2O5S/c1-11(17(26)24-14-7-5-13(6-8-14)19(21,22)23)30-18(27)12-4-9-15(20)16(10-12)31(28,29)25(2)3/h4-11H,1-3H3,(H,24,26). The number of hydrogen-bond acceptors (Lipinski definition) is 5. The summed E-state index contributed by atoms with van der Waals surface area (Å²) in [4.78, 5) is 24.2. The summed E-state index contributed by atoms with van der Waals surface area (Å²) < 4.78 is 68.3. The summed E-state index contributed by atoms with van der Waals surface area (Å²) >= 11 is 5.92. The van der Waals surface area contributed by atoms with E-state index < -0.39 is 39.7 Å². The number of hydrogen-bond donors (Lipinski definition) is 1. The van der Waals surface area contributed by atoms with E-state index >= 15 is 0 Å². The van der Waals surface area contributed by atoms with Gasteiger partial charge in [-0.3, -0.25) is 4.79 Å². The Morgan fingerprint density at radius 1 is 1.10 bits per heavy atom. The Kier molecular flexibility index (Phi) is 7.35. The van der Waals surface area contributed by atoms with Crippen LogP contribution in [-0.4, -0.2) is 44.8 Å². The molecule has 2 aromatic carbocycles. The van der Waals surface area contributed by atoms with Crippen molar-refractivity contribution in [3.8, 4) is 0 Å². The lowest BCUT2D eigenvalue weighted by Crippen LogP contribution is -2.30. The molecule has 1 amide bonds. The average Bonchev–Trinajstić information content (AvgIpc) is 2.67. The molecule has 0 aliphatic rings. The van der Waals surface area contributed by atoms with Crippen LogP contribution in [0.15, 0.2) is 47.4 Å². The molecule has 1 unspecified atom stereocenters. The molecule has 1 N–H and O–H groups in total. The van der Waals surface area contributed by atoms with Crippen LogP contribution in [0.25, 0.3) is 0 Å². The van der Waals surface area contributed by atoms with Gasteiger partial charge in [-0.1, -0.05) is 11.6 Å². The largest absolute Gasteiger partial charge is 0.449 e.